The minimum atomic E-state index is -4.58. The zero-order chi connectivity index (χ0) is 48.9. The van der Waals surface area contributed by atoms with E-state index in [4.69, 9.17) is 46.4 Å². The molecule has 2 amide bonds. The van der Waals surface area contributed by atoms with Gasteiger partial charge in [-0.15, -0.1) is 0 Å². The second-order valence-electron chi connectivity index (χ2n) is 14.2. The predicted molar refractivity (Wildman–Crippen MR) is 252 cm³/mol. The van der Waals surface area contributed by atoms with Gasteiger partial charge in [0.05, 0.1) is 59.6 Å². The largest absolute Gasteiger partial charge is 0.433 e. The van der Waals surface area contributed by atoms with Crippen LogP contribution in [0.3, 0.4) is 0 Å². The topological polar surface area (TPSA) is 215 Å². The fourth-order valence-electron chi connectivity index (χ4n) is 6.18. The summed E-state index contributed by atoms with van der Waals surface area (Å²) in [5, 5.41) is 6.82. The predicted octanol–water partition coefficient (Wildman–Crippen LogP) is 13.1. The van der Waals surface area contributed by atoms with Crippen molar-refractivity contribution in [3.63, 3.8) is 0 Å². The molecule has 0 fully saturated rings. The van der Waals surface area contributed by atoms with Gasteiger partial charge in [0, 0.05) is 29.7 Å². The van der Waals surface area contributed by atoms with Crippen LogP contribution < -0.4 is 16.8 Å². The Bertz CT molecular complexity index is 3030. The van der Waals surface area contributed by atoms with Gasteiger partial charge in [-0.2, -0.15) is 26.3 Å². The van der Waals surface area contributed by atoms with Crippen LogP contribution in [0.4, 0.5) is 38.0 Å². The van der Waals surface area contributed by atoms with Crippen LogP contribution in [0.5, 0.6) is 0 Å². The lowest BCUT2D eigenvalue weighted by atomic mass is 10.1. The second kappa shape index (κ2) is 21.4. The molecule has 0 aliphatic carbocycles. The number of aromatic amines is 2. The summed E-state index contributed by atoms with van der Waals surface area (Å²) in [6.45, 7) is 2.67. The van der Waals surface area contributed by atoms with Crippen LogP contribution in [0.1, 0.15) is 43.5 Å². The number of aromatic nitrogens is 9. The number of pyridine rings is 5. The Labute approximate surface area is 406 Å². The number of benzene rings is 2. The molecule has 14 nitrogen and oxygen atoms in total. The van der Waals surface area contributed by atoms with E-state index in [0.29, 0.717) is 43.0 Å². The van der Waals surface area contributed by atoms with Crippen molar-refractivity contribution in [3.8, 4) is 22.8 Å². The maximum absolute atomic E-state index is 12.8. The normalized spacial score (nSPS) is 11.2. The number of hydrogen-bond acceptors (Lipinski definition) is 10. The molecule has 7 aromatic heterocycles. The number of nitrogens with zero attached hydrogens (tertiary/aromatic N) is 7. The first-order valence-electron chi connectivity index (χ1n) is 19.4. The number of aryl methyl sites for hydroxylation is 2. The molecule has 9 rings (SSSR count). The number of halogens is 10. The molecule has 0 radical (unpaired) electrons. The Kier molecular flexibility index (Phi) is 15.9. The highest BCUT2D eigenvalue weighted by atomic mass is 35.5. The molecule has 0 saturated heterocycles. The van der Waals surface area contributed by atoms with Crippen molar-refractivity contribution in [1.29, 1.82) is 0 Å². The van der Waals surface area contributed by atoms with Gasteiger partial charge in [0.15, 0.2) is 0 Å². The van der Waals surface area contributed by atoms with E-state index in [0.717, 1.165) is 46.3 Å². The smallest absolute Gasteiger partial charge is 0.344 e. The van der Waals surface area contributed by atoms with E-state index in [9.17, 15) is 35.9 Å². The zero-order valence-corrected chi connectivity index (χ0v) is 38.4. The molecule has 354 valence electrons. The maximum Gasteiger partial charge on any atom is 0.433 e. The number of anilines is 2. The maximum atomic E-state index is 12.8. The first-order chi connectivity index (χ1) is 32.2. The first kappa shape index (κ1) is 51.2. The molecule has 0 unspecified atom stereocenters. The Hall–Kier alpha value is -7.23. The van der Waals surface area contributed by atoms with Crippen LogP contribution in [0.25, 0.3) is 44.8 Å². The molecule has 0 spiro atoms. The summed E-state index contributed by atoms with van der Waals surface area (Å²) >= 11 is 23.4. The van der Waals surface area contributed by atoms with Crippen molar-refractivity contribution in [2.75, 3.05) is 10.6 Å². The van der Waals surface area contributed by atoms with Gasteiger partial charge >= 0.3 is 12.4 Å². The second-order valence-corrected chi connectivity index (χ2v) is 15.8. The third-order valence-electron chi connectivity index (χ3n) is 9.42. The van der Waals surface area contributed by atoms with Crippen molar-refractivity contribution in [3.05, 3.63) is 170 Å². The van der Waals surface area contributed by atoms with E-state index >= 15 is 0 Å². The van der Waals surface area contributed by atoms with E-state index in [1.165, 1.54) is 44.6 Å². The molecule has 0 atom stereocenters. The summed E-state index contributed by atoms with van der Waals surface area (Å²) in [4.78, 5) is 59.1. The number of para-hydroxylation sites is 4. The fraction of sp³-hybridized carbons (Fsp3) is 0.0889. The molecule has 2 aromatic carbocycles. The Morgan fingerprint density at radius 3 is 1.30 bits per heavy atom. The van der Waals surface area contributed by atoms with Gasteiger partial charge in [-0.25, -0.2) is 34.9 Å². The monoisotopic (exact) mass is 1030 g/mol. The van der Waals surface area contributed by atoms with Gasteiger partial charge in [0.25, 0.3) is 11.8 Å². The Balaban J connectivity index is 0.000000193. The summed E-state index contributed by atoms with van der Waals surface area (Å²) in [6, 6.07) is 24.9. The molecular weight excluding hydrogens is 996 g/mol. The number of fused-ring (bicyclic) bond motifs is 2. The number of nitrogens with one attached hydrogen (secondary N) is 4. The average molecular weight is 1030 g/mol. The lowest BCUT2D eigenvalue weighted by molar-refractivity contribution is -0.142. The molecule has 7 N–H and O–H groups in total. The third-order valence-corrected chi connectivity index (χ3v) is 10.5. The van der Waals surface area contributed by atoms with E-state index in [1.807, 2.05) is 48.5 Å². The average Bonchev–Trinajstić information content (AvgIpc) is 3.93. The van der Waals surface area contributed by atoms with Gasteiger partial charge in [0.1, 0.15) is 39.8 Å². The number of hydrogen-bond donors (Lipinski definition) is 5. The quantitative estimate of drug-likeness (QED) is 0.0784. The van der Waals surface area contributed by atoms with Crippen molar-refractivity contribution in [2.45, 2.75) is 26.2 Å². The highest BCUT2D eigenvalue weighted by Gasteiger charge is 2.34. The lowest BCUT2D eigenvalue weighted by Crippen LogP contribution is -2.17. The molecule has 0 bridgehead atoms. The van der Waals surface area contributed by atoms with Crippen LogP contribution in [-0.4, -0.2) is 56.7 Å². The molecule has 24 heteroatoms. The number of imidazole rings is 2. The van der Waals surface area contributed by atoms with Crippen LogP contribution in [0.2, 0.25) is 20.2 Å². The van der Waals surface area contributed by atoms with Gasteiger partial charge in [-0.05, 0) is 86.6 Å². The summed E-state index contributed by atoms with van der Waals surface area (Å²) in [5.41, 5.74) is 1.95. The standard InChI is InChI=1S/2C20H13ClF3N5O.C5H3Cl2N.H3N/c2*1-10-11(6-7-16(26-10)20(22,23)24)19(30)29-17-8-12(13(21)9-25-17)18-27-14-4-2-3-5-15(14)28-18;6-4-1-2-5(7)8-3-4;/h2*2-9H,1H3,(H,27,28)(H,25,29,30);1-3H;1H3. The van der Waals surface area contributed by atoms with Gasteiger partial charge in [-0.3, -0.25) is 9.59 Å². The van der Waals surface area contributed by atoms with E-state index < -0.39 is 35.6 Å². The first-order valence-corrected chi connectivity index (χ1v) is 21.0. The summed E-state index contributed by atoms with van der Waals surface area (Å²) < 4.78 is 76.6. The highest BCUT2D eigenvalue weighted by Crippen LogP contribution is 2.33. The number of amides is 2. The van der Waals surface area contributed by atoms with E-state index in [-0.39, 0.29) is 40.3 Å². The molecule has 0 aliphatic heterocycles. The van der Waals surface area contributed by atoms with Crippen LogP contribution in [0.15, 0.2) is 116 Å². The van der Waals surface area contributed by atoms with Crippen molar-refractivity contribution >= 4 is 91.9 Å². The third kappa shape index (κ3) is 12.7. The summed E-state index contributed by atoms with van der Waals surface area (Å²) in [5.74, 6) is 0.0365. The molecule has 0 saturated carbocycles. The molecule has 0 aliphatic rings. The summed E-state index contributed by atoms with van der Waals surface area (Å²) in [7, 11) is 0. The Morgan fingerprint density at radius 1 is 0.536 bits per heavy atom. The molecule has 7 heterocycles. The fourth-order valence-corrected chi connectivity index (χ4v) is 6.79. The minimum Gasteiger partial charge on any atom is -0.344 e. The van der Waals surface area contributed by atoms with Crippen LogP contribution in [0, 0.1) is 13.8 Å². The number of carbonyl (C=O) groups excluding carboxylic acids is 2. The van der Waals surface area contributed by atoms with Crippen LogP contribution >= 0.6 is 46.4 Å². The van der Waals surface area contributed by atoms with Gasteiger partial charge in [0.2, 0.25) is 0 Å². The molecule has 9 aromatic rings. The Morgan fingerprint density at radius 2 is 0.957 bits per heavy atom. The van der Waals surface area contributed by atoms with Crippen molar-refractivity contribution in [2.24, 2.45) is 0 Å². The minimum absolute atomic E-state index is 0. The SMILES string of the molecule is Cc1nc(C(F)(F)F)ccc1C(=O)Nc1cc(-c2nc3ccccc3[nH]2)c(Cl)cn1.Cc1nc(C(F)(F)F)ccc1C(=O)Nc1cc(-c2nc3ccccc3[nH]2)c(Cl)cn1.Clc1ccc(Cl)nc1.N. The van der Waals surface area contributed by atoms with E-state index in [2.05, 4.69) is 55.5 Å². The highest BCUT2D eigenvalue weighted by molar-refractivity contribution is 6.33. The number of carbonyl (C=O) groups is 2. The number of H-pyrrole nitrogens is 2. The molecule has 69 heavy (non-hydrogen) atoms. The number of rotatable bonds is 6. The summed E-state index contributed by atoms with van der Waals surface area (Å²) in [6.07, 6.45) is -4.95. The lowest BCUT2D eigenvalue weighted by Gasteiger charge is -2.11. The van der Waals surface area contributed by atoms with Crippen LogP contribution in [-0.2, 0) is 12.4 Å². The number of alkyl halides is 6. The molecular formula is C45H32Cl4F6N12O2. The van der Waals surface area contributed by atoms with E-state index in [1.54, 1.807) is 12.1 Å². The van der Waals surface area contributed by atoms with Crippen molar-refractivity contribution in [1.82, 2.24) is 51.0 Å². The van der Waals surface area contributed by atoms with Gasteiger partial charge in [-0.1, -0.05) is 70.7 Å². The zero-order valence-electron chi connectivity index (χ0n) is 35.4. The van der Waals surface area contributed by atoms with Gasteiger partial charge < -0.3 is 26.8 Å². The van der Waals surface area contributed by atoms with Crippen molar-refractivity contribution < 1.29 is 35.9 Å².